The summed E-state index contributed by atoms with van der Waals surface area (Å²) in [4.78, 5) is 24.1. The average molecular weight is 348 g/mol. The number of aromatic nitrogens is 4. The number of thioether (sulfide) groups is 1. The fraction of sp³-hybridized carbons (Fsp3) is 0.400. The highest BCUT2D eigenvalue weighted by atomic mass is 32.2. The first-order valence-electron chi connectivity index (χ1n) is 7.41. The van der Waals surface area contributed by atoms with Crippen LogP contribution in [-0.4, -0.2) is 43.8 Å². The fourth-order valence-electron chi connectivity index (χ4n) is 2.04. The highest BCUT2D eigenvalue weighted by Gasteiger charge is 2.18. The van der Waals surface area contributed by atoms with Crippen molar-refractivity contribution in [3.63, 3.8) is 0 Å². The van der Waals surface area contributed by atoms with Gasteiger partial charge in [0.15, 0.2) is 0 Å². The van der Waals surface area contributed by atoms with Gasteiger partial charge < -0.3 is 10.6 Å². The summed E-state index contributed by atoms with van der Waals surface area (Å²) in [6, 6.07) is 5.78. The van der Waals surface area contributed by atoms with Gasteiger partial charge in [-0.1, -0.05) is 30.0 Å². The van der Waals surface area contributed by atoms with Crippen molar-refractivity contribution in [1.82, 2.24) is 25.5 Å². The first-order chi connectivity index (χ1) is 11.4. The highest BCUT2D eigenvalue weighted by molar-refractivity contribution is 8.00. The van der Waals surface area contributed by atoms with E-state index in [9.17, 15) is 9.59 Å². The molecule has 0 saturated heterocycles. The molecule has 2 aromatic rings. The molecule has 2 rings (SSSR count). The van der Waals surface area contributed by atoms with Crippen molar-refractivity contribution in [1.29, 1.82) is 0 Å². The van der Waals surface area contributed by atoms with E-state index in [0.29, 0.717) is 5.16 Å². The Labute approximate surface area is 144 Å². The number of anilines is 1. The molecule has 0 fully saturated rings. The number of nitrogens with zero attached hydrogens (tertiary/aromatic N) is 4. The van der Waals surface area contributed by atoms with Crippen molar-refractivity contribution in [3.8, 4) is 0 Å². The lowest BCUT2D eigenvalue weighted by Gasteiger charge is -2.13. The maximum atomic E-state index is 12.1. The number of amides is 2. The monoisotopic (exact) mass is 348 g/mol. The smallest absolute Gasteiger partial charge is 0.243 e. The van der Waals surface area contributed by atoms with Gasteiger partial charge in [0.25, 0.3) is 0 Å². The minimum Gasteiger partial charge on any atom is -0.346 e. The lowest BCUT2D eigenvalue weighted by atomic mass is 10.1. The van der Waals surface area contributed by atoms with Crippen LogP contribution in [0.4, 0.5) is 5.69 Å². The molecule has 9 heteroatoms. The number of aryl methyl sites for hydroxylation is 3. The van der Waals surface area contributed by atoms with E-state index in [1.807, 2.05) is 32.0 Å². The van der Waals surface area contributed by atoms with Gasteiger partial charge in [-0.25, -0.2) is 4.68 Å². The zero-order valence-electron chi connectivity index (χ0n) is 14.0. The van der Waals surface area contributed by atoms with Crippen LogP contribution in [0, 0.1) is 13.8 Å². The van der Waals surface area contributed by atoms with Crippen molar-refractivity contribution in [3.05, 3.63) is 29.3 Å². The van der Waals surface area contributed by atoms with Gasteiger partial charge in [0.2, 0.25) is 17.0 Å². The Morgan fingerprint density at radius 1 is 1.29 bits per heavy atom. The molecular formula is C15H20N6O2S. The van der Waals surface area contributed by atoms with Gasteiger partial charge in [0.05, 0.1) is 11.8 Å². The summed E-state index contributed by atoms with van der Waals surface area (Å²) in [5, 5.41) is 16.6. The molecule has 0 bridgehead atoms. The summed E-state index contributed by atoms with van der Waals surface area (Å²) in [5.74, 6) is -0.516. The van der Waals surface area contributed by atoms with Crippen LogP contribution in [0.15, 0.2) is 23.4 Å². The van der Waals surface area contributed by atoms with E-state index in [1.165, 1.54) is 16.4 Å². The normalized spacial score (nSPS) is 11.8. The number of nitrogens with one attached hydrogen (secondary N) is 2. The number of benzene rings is 1. The molecule has 0 radical (unpaired) electrons. The van der Waals surface area contributed by atoms with Crippen LogP contribution in [0.3, 0.4) is 0 Å². The van der Waals surface area contributed by atoms with Gasteiger partial charge in [-0.15, -0.1) is 5.10 Å². The van der Waals surface area contributed by atoms with Gasteiger partial charge in [-0.3, -0.25) is 9.59 Å². The minimum atomic E-state index is -0.414. The SMILES string of the molecule is Cc1cccc(C)c1NC(=O)CNC(=O)[C@@H](C)Sc1nnnn1C. The van der Waals surface area contributed by atoms with E-state index in [0.717, 1.165) is 16.8 Å². The van der Waals surface area contributed by atoms with Crippen LogP contribution in [0.5, 0.6) is 0 Å². The highest BCUT2D eigenvalue weighted by Crippen LogP contribution is 2.20. The van der Waals surface area contributed by atoms with Crippen molar-refractivity contribution in [2.24, 2.45) is 7.05 Å². The van der Waals surface area contributed by atoms with E-state index < -0.39 is 5.25 Å². The Morgan fingerprint density at radius 2 is 1.96 bits per heavy atom. The van der Waals surface area contributed by atoms with Crippen LogP contribution in [0.2, 0.25) is 0 Å². The molecule has 2 amide bonds. The molecule has 1 heterocycles. The number of carbonyl (C=O) groups excluding carboxylic acids is 2. The zero-order valence-corrected chi connectivity index (χ0v) is 14.8. The molecule has 0 aliphatic carbocycles. The Bertz CT molecular complexity index is 725. The fourth-order valence-corrected chi connectivity index (χ4v) is 2.82. The van der Waals surface area contributed by atoms with Gasteiger partial charge in [-0.2, -0.15) is 0 Å². The zero-order chi connectivity index (χ0) is 17.7. The summed E-state index contributed by atoms with van der Waals surface area (Å²) in [6.07, 6.45) is 0. The largest absolute Gasteiger partial charge is 0.346 e. The molecule has 0 spiro atoms. The number of para-hydroxylation sites is 1. The maximum Gasteiger partial charge on any atom is 0.243 e. The van der Waals surface area contributed by atoms with E-state index in [4.69, 9.17) is 0 Å². The molecular weight excluding hydrogens is 328 g/mol. The summed E-state index contributed by atoms with van der Waals surface area (Å²) in [5.41, 5.74) is 2.74. The van der Waals surface area contributed by atoms with Gasteiger partial charge in [0, 0.05) is 12.7 Å². The van der Waals surface area contributed by atoms with Crippen LogP contribution in [0.25, 0.3) is 0 Å². The van der Waals surface area contributed by atoms with Crippen LogP contribution >= 0.6 is 11.8 Å². The Morgan fingerprint density at radius 3 is 2.54 bits per heavy atom. The third-order valence-corrected chi connectivity index (χ3v) is 4.53. The van der Waals surface area contributed by atoms with E-state index in [-0.39, 0.29) is 18.4 Å². The van der Waals surface area contributed by atoms with Crippen LogP contribution in [0.1, 0.15) is 18.1 Å². The van der Waals surface area contributed by atoms with Crippen LogP contribution in [-0.2, 0) is 16.6 Å². The van der Waals surface area contributed by atoms with Crippen molar-refractivity contribution >= 4 is 29.3 Å². The Kier molecular flexibility index (Phi) is 5.91. The quantitative estimate of drug-likeness (QED) is 0.757. The Balaban J connectivity index is 1.85. The first kappa shape index (κ1) is 17.9. The van der Waals surface area contributed by atoms with Gasteiger partial charge in [0.1, 0.15) is 0 Å². The standard InChI is InChI=1S/C15H20N6O2S/c1-9-6-5-7-10(2)13(9)17-12(22)8-16-14(23)11(3)24-15-18-19-20-21(15)4/h5-7,11H,8H2,1-4H3,(H,16,23)(H,17,22)/t11-/m1/s1. The molecule has 128 valence electrons. The topological polar surface area (TPSA) is 102 Å². The third-order valence-electron chi connectivity index (χ3n) is 3.40. The second-order valence-corrected chi connectivity index (χ2v) is 6.69. The van der Waals surface area contributed by atoms with Crippen molar-refractivity contribution in [2.75, 3.05) is 11.9 Å². The number of rotatable bonds is 6. The summed E-state index contributed by atoms with van der Waals surface area (Å²) in [6.45, 7) is 5.50. The number of hydrogen-bond acceptors (Lipinski definition) is 6. The molecule has 0 aliphatic rings. The lowest BCUT2D eigenvalue weighted by Crippen LogP contribution is -2.37. The summed E-state index contributed by atoms with van der Waals surface area (Å²) >= 11 is 1.23. The molecule has 0 saturated carbocycles. The molecule has 1 aromatic heterocycles. The lowest BCUT2D eigenvalue weighted by molar-refractivity contribution is -0.123. The first-order valence-corrected chi connectivity index (χ1v) is 8.29. The third kappa shape index (κ3) is 4.54. The average Bonchev–Trinajstić information content (AvgIpc) is 2.93. The van der Waals surface area contributed by atoms with Gasteiger partial charge >= 0.3 is 0 Å². The Hall–Kier alpha value is -2.42. The molecule has 1 atom stereocenters. The van der Waals surface area contributed by atoms with Gasteiger partial charge in [-0.05, 0) is 42.3 Å². The second-order valence-electron chi connectivity index (χ2n) is 5.38. The predicted molar refractivity (Wildman–Crippen MR) is 91.7 cm³/mol. The molecule has 2 N–H and O–H groups in total. The predicted octanol–water partition coefficient (Wildman–Crippen LogP) is 1.06. The summed E-state index contributed by atoms with van der Waals surface area (Å²) < 4.78 is 1.49. The molecule has 1 aromatic carbocycles. The molecule has 0 unspecified atom stereocenters. The minimum absolute atomic E-state index is 0.0887. The van der Waals surface area contributed by atoms with E-state index in [1.54, 1.807) is 14.0 Å². The number of carbonyl (C=O) groups is 2. The summed E-state index contributed by atoms with van der Waals surface area (Å²) in [7, 11) is 1.70. The second kappa shape index (κ2) is 7.91. The maximum absolute atomic E-state index is 12.1. The van der Waals surface area contributed by atoms with E-state index in [2.05, 4.69) is 26.2 Å². The number of hydrogen-bond donors (Lipinski definition) is 2. The molecule has 8 nitrogen and oxygen atoms in total. The molecule has 24 heavy (non-hydrogen) atoms. The molecule has 0 aliphatic heterocycles. The number of tetrazole rings is 1. The van der Waals surface area contributed by atoms with Crippen molar-refractivity contribution < 1.29 is 9.59 Å². The van der Waals surface area contributed by atoms with Crippen LogP contribution < -0.4 is 10.6 Å². The van der Waals surface area contributed by atoms with E-state index >= 15 is 0 Å². The van der Waals surface area contributed by atoms with Crippen molar-refractivity contribution in [2.45, 2.75) is 31.2 Å².